The summed E-state index contributed by atoms with van der Waals surface area (Å²) < 4.78 is 2.90. The van der Waals surface area contributed by atoms with Crippen LogP contribution in [0, 0.1) is 0 Å². The van der Waals surface area contributed by atoms with Gasteiger partial charge in [-0.1, -0.05) is 40.5 Å². The number of imidazole rings is 1. The Morgan fingerprint density at radius 2 is 2.26 bits per heavy atom. The van der Waals surface area contributed by atoms with Crippen molar-refractivity contribution in [3.8, 4) is 11.3 Å². The van der Waals surface area contributed by atoms with Gasteiger partial charge < -0.3 is 10.3 Å². The van der Waals surface area contributed by atoms with Crippen LogP contribution in [0.2, 0.25) is 5.02 Å². The van der Waals surface area contributed by atoms with Gasteiger partial charge in [-0.05, 0) is 18.2 Å². The molecular formula is C14H15BrClN3. The van der Waals surface area contributed by atoms with Crippen LogP contribution in [-0.4, -0.2) is 9.55 Å². The van der Waals surface area contributed by atoms with E-state index in [9.17, 15) is 0 Å². The van der Waals surface area contributed by atoms with Crippen LogP contribution in [0.3, 0.4) is 0 Å². The molecule has 3 nitrogen and oxygen atoms in total. The standard InChI is InChI=1S/C14H15BrClN3/c1-3-7-19-12(4-2)18-13(14(19)17)10-8-9(15)5-6-11(10)16/h3,5-6,8H,1,4,7,17H2,2H3. The van der Waals surface area contributed by atoms with Crippen molar-refractivity contribution in [1.29, 1.82) is 0 Å². The highest BCUT2D eigenvalue weighted by atomic mass is 79.9. The first-order chi connectivity index (χ1) is 9.08. The topological polar surface area (TPSA) is 43.8 Å². The Morgan fingerprint density at radius 1 is 1.53 bits per heavy atom. The molecule has 1 aromatic heterocycles. The number of aromatic nitrogens is 2. The molecule has 0 fully saturated rings. The number of hydrogen-bond donors (Lipinski definition) is 1. The van der Waals surface area contributed by atoms with Crippen molar-refractivity contribution < 1.29 is 0 Å². The van der Waals surface area contributed by atoms with E-state index in [1.165, 1.54) is 0 Å². The maximum absolute atomic E-state index is 6.24. The summed E-state index contributed by atoms with van der Waals surface area (Å²) in [6.07, 6.45) is 2.62. The Hall–Kier alpha value is -1.26. The zero-order chi connectivity index (χ0) is 14.0. The number of rotatable bonds is 4. The molecule has 2 aromatic rings. The van der Waals surface area contributed by atoms with Crippen molar-refractivity contribution in [2.24, 2.45) is 0 Å². The number of allylic oxidation sites excluding steroid dienone is 1. The number of benzene rings is 1. The zero-order valence-corrected chi connectivity index (χ0v) is 13.0. The lowest BCUT2D eigenvalue weighted by molar-refractivity contribution is 0.757. The van der Waals surface area contributed by atoms with Crippen LogP contribution in [0.1, 0.15) is 12.7 Å². The van der Waals surface area contributed by atoms with Crippen LogP contribution in [0.15, 0.2) is 35.3 Å². The summed E-state index contributed by atoms with van der Waals surface area (Å²) in [7, 11) is 0. The highest BCUT2D eigenvalue weighted by molar-refractivity contribution is 9.10. The van der Waals surface area contributed by atoms with Gasteiger partial charge in [-0.15, -0.1) is 6.58 Å². The smallest absolute Gasteiger partial charge is 0.132 e. The molecule has 0 saturated carbocycles. The Kier molecular flexibility index (Phi) is 4.32. The van der Waals surface area contributed by atoms with Crippen LogP contribution in [0.5, 0.6) is 0 Å². The average molecular weight is 341 g/mol. The Bertz CT molecular complexity index is 619. The molecule has 100 valence electrons. The summed E-state index contributed by atoms with van der Waals surface area (Å²) in [4.78, 5) is 4.60. The van der Waals surface area contributed by atoms with E-state index in [1.54, 1.807) is 0 Å². The van der Waals surface area contributed by atoms with Crippen molar-refractivity contribution in [2.75, 3.05) is 5.73 Å². The molecule has 0 unspecified atom stereocenters. The Morgan fingerprint density at radius 3 is 2.89 bits per heavy atom. The third-order valence-electron chi connectivity index (χ3n) is 2.90. The number of nitrogens with two attached hydrogens (primary N) is 1. The summed E-state index contributed by atoms with van der Waals surface area (Å²) in [6.45, 7) is 6.44. The molecule has 0 atom stereocenters. The summed E-state index contributed by atoms with van der Waals surface area (Å²) in [5.74, 6) is 1.56. The molecule has 0 saturated heterocycles. The second-order valence-electron chi connectivity index (χ2n) is 4.14. The summed E-state index contributed by atoms with van der Waals surface area (Å²) >= 11 is 9.68. The van der Waals surface area contributed by atoms with E-state index in [0.29, 0.717) is 17.4 Å². The molecule has 2 N–H and O–H groups in total. The van der Waals surface area contributed by atoms with Gasteiger partial charge in [0.15, 0.2) is 0 Å². The first-order valence-electron chi connectivity index (χ1n) is 5.99. The molecule has 2 rings (SSSR count). The highest BCUT2D eigenvalue weighted by Crippen LogP contribution is 2.34. The van der Waals surface area contributed by atoms with Crippen LogP contribution in [0.4, 0.5) is 5.82 Å². The molecule has 0 aliphatic carbocycles. The predicted octanol–water partition coefficient (Wildman–Crippen LogP) is 4.30. The summed E-state index contributed by atoms with van der Waals surface area (Å²) in [6, 6.07) is 5.65. The molecule has 0 bridgehead atoms. The Labute approximate surface area is 126 Å². The SMILES string of the molecule is C=CCn1c(CC)nc(-c2cc(Br)ccc2Cl)c1N. The van der Waals surface area contributed by atoms with Crippen molar-refractivity contribution >= 4 is 33.3 Å². The van der Waals surface area contributed by atoms with Crippen molar-refractivity contribution in [3.05, 3.63) is 46.2 Å². The minimum atomic E-state index is 0.622. The van der Waals surface area contributed by atoms with Crippen LogP contribution < -0.4 is 5.73 Å². The molecular weight excluding hydrogens is 326 g/mol. The van der Waals surface area contributed by atoms with E-state index in [2.05, 4.69) is 27.5 Å². The van der Waals surface area contributed by atoms with E-state index in [-0.39, 0.29) is 0 Å². The van der Waals surface area contributed by atoms with E-state index < -0.39 is 0 Å². The third kappa shape index (κ3) is 2.69. The fourth-order valence-electron chi connectivity index (χ4n) is 1.99. The molecule has 1 heterocycles. The molecule has 0 radical (unpaired) electrons. The second-order valence-corrected chi connectivity index (χ2v) is 5.46. The number of aryl methyl sites for hydroxylation is 1. The van der Waals surface area contributed by atoms with Gasteiger partial charge in [0.2, 0.25) is 0 Å². The summed E-state index contributed by atoms with van der Waals surface area (Å²) in [5, 5.41) is 0.640. The van der Waals surface area contributed by atoms with Crippen LogP contribution in [-0.2, 0) is 13.0 Å². The van der Waals surface area contributed by atoms with Gasteiger partial charge in [0.25, 0.3) is 0 Å². The molecule has 0 spiro atoms. The predicted molar refractivity (Wildman–Crippen MR) is 84.4 cm³/mol. The average Bonchev–Trinajstić information content (AvgIpc) is 2.70. The highest BCUT2D eigenvalue weighted by Gasteiger charge is 2.16. The second kappa shape index (κ2) is 5.80. The van der Waals surface area contributed by atoms with Gasteiger partial charge in [0, 0.05) is 23.0 Å². The maximum Gasteiger partial charge on any atom is 0.132 e. The maximum atomic E-state index is 6.24. The van der Waals surface area contributed by atoms with E-state index in [0.717, 1.165) is 28.0 Å². The van der Waals surface area contributed by atoms with Gasteiger partial charge in [0.05, 0.1) is 5.02 Å². The van der Waals surface area contributed by atoms with Crippen LogP contribution in [0.25, 0.3) is 11.3 Å². The number of nitrogens with zero attached hydrogens (tertiary/aromatic N) is 2. The van der Waals surface area contributed by atoms with Gasteiger partial charge in [-0.3, -0.25) is 0 Å². The first-order valence-corrected chi connectivity index (χ1v) is 7.16. The van der Waals surface area contributed by atoms with Crippen molar-refractivity contribution in [1.82, 2.24) is 9.55 Å². The molecule has 1 aromatic carbocycles. The minimum Gasteiger partial charge on any atom is -0.383 e. The van der Waals surface area contributed by atoms with Crippen LogP contribution >= 0.6 is 27.5 Å². The largest absolute Gasteiger partial charge is 0.383 e. The van der Waals surface area contributed by atoms with Gasteiger partial charge in [-0.25, -0.2) is 4.98 Å². The van der Waals surface area contributed by atoms with E-state index in [1.807, 2.05) is 35.8 Å². The quantitative estimate of drug-likeness (QED) is 0.843. The minimum absolute atomic E-state index is 0.622. The number of halogens is 2. The van der Waals surface area contributed by atoms with Gasteiger partial charge in [0.1, 0.15) is 17.3 Å². The molecule has 0 amide bonds. The Balaban J connectivity index is 2.62. The normalized spacial score (nSPS) is 10.7. The number of hydrogen-bond acceptors (Lipinski definition) is 2. The fraction of sp³-hybridized carbons (Fsp3) is 0.214. The zero-order valence-electron chi connectivity index (χ0n) is 10.7. The molecule has 0 aliphatic heterocycles. The molecule has 5 heteroatoms. The lowest BCUT2D eigenvalue weighted by Gasteiger charge is -2.06. The van der Waals surface area contributed by atoms with Crippen molar-refractivity contribution in [2.45, 2.75) is 19.9 Å². The van der Waals surface area contributed by atoms with E-state index >= 15 is 0 Å². The van der Waals surface area contributed by atoms with Gasteiger partial charge >= 0.3 is 0 Å². The van der Waals surface area contributed by atoms with Crippen molar-refractivity contribution in [3.63, 3.8) is 0 Å². The lowest BCUT2D eigenvalue weighted by atomic mass is 10.1. The molecule has 0 aliphatic rings. The fourth-order valence-corrected chi connectivity index (χ4v) is 2.56. The van der Waals surface area contributed by atoms with E-state index in [4.69, 9.17) is 17.3 Å². The summed E-state index contributed by atoms with van der Waals surface area (Å²) in [5.41, 5.74) is 7.76. The first kappa shape index (κ1) is 14.2. The monoisotopic (exact) mass is 339 g/mol. The lowest BCUT2D eigenvalue weighted by Crippen LogP contribution is -2.05. The number of anilines is 1. The number of nitrogen functional groups attached to an aromatic ring is 1. The third-order valence-corrected chi connectivity index (χ3v) is 3.72. The molecule has 19 heavy (non-hydrogen) atoms. The van der Waals surface area contributed by atoms with Gasteiger partial charge in [-0.2, -0.15) is 0 Å².